The molecule has 0 aromatic rings. The number of hydrogen-bond acceptors (Lipinski definition) is 4. The largest absolute Gasteiger partial charge is 0.352 e. The van der Waals surface area contributed by atoms with Gasteiger partial charge in [0.2, 0.25) is 0 Å². The standard InChI is InChI=1S/C14H30N2O2/c1-5-17-13(18-6-2)11-15-12-14(3)7-9-16(4)10-8-14/h13,15H,5-12H2,1-4H3. The van der Waals surface area contributed by atoms with E-state index >= 15 is 0 Å². The summed E-state index contributed by atoms with van der Waals surface area (Å²) in [4.78, 5) is 2.41. The maximum absolute atomic E-state index is 5.53. The van der Waals surface area contributed by atoms with Gasteiger partial charge in [0.1, 0.15) is 0 Å². The maximum atomic E-state index is 5.53. The molecular formula is C14H30N2O2. The summed E-state index contributed by atoms with van der Waals surface area (Å²) in [5, 5.41) is 3.51. The number of piperidine rings is 1. The van der Waals surface area contributed by atoms with E-state index in [2.05, 4.69) is 24.2 Å². The van der Waals surface area contributed by atoms with Gasteiger partial charge in [-0.1, -0.05) is 6.92 Å². The predicted octanol–water partition coefficient (Wildman–Crippen LogP) is 1.71. The monoisotopic (exact) mass is 258 g/mol. The van der Waals surface area contributed by atoms with Gasteiger partial charge in [-0.15, -0.1) is 0 Å². The summed E-state index contributed by atoms with van der Waals surface area (Å²) < 4.78 is 11.1. The molecule has 18 heavy (non-hydrogen) atoms. The van der Waals surface area contributed by atoms with Crippen LogP contribution < -0.4 is 5.32 Å². The first-order valence-corrected chi connectivity index (χ1v) is 7.22. The molecule has 1 rings (SSSR count). The van der Waals surface area contributed by atoms with Crippen LogP contribution in [0.15, 0.2) is 0 Å². The van der Waals surface area contributed by atoms with E-state index in [9.17, 15) is 0 Å². The van der Waals surface area contributed by atoms with Gasteiger partial charge in [-0.2, -0.15) is 0 Å². The van der Waals surface area contributed by atoms with E-state index in [0.29, 0.717) is 18.6 Å². The molecule has 0 bridgehead atoms. The number of rotatable bonds is 8. The van der Waals surface area contributed by atoms with E-state index in [-0.39, 0.29) is 6.29 Å². The number of likely N-dealkylation sites (tertiary alicyclic amines) is 1. The van der Waals surface area contributed by atoms with Gasteiger partial charge >= 0.3 is 0 Å². The van der Waals surface area contributed by atoms with Crippen molar-refractivity contribution in [2.75, 3.05) is 46.4 Å². The Kier molecular flexibility index (Phi) is 7.15. The van der Waals surface area contributed by atoms with Gasteiger partial charge < -0.3 is 19.7 Å². The molecule has 0 spiro atoms. The van der Waals surface area contributed by atoms with Crippen LogP contribution in [0.4, 0.5) is 0 Å². The highest BCUT2D eigenvalue weighted by molar-refractivity contribution is 4.83. The summed E-state index contributed by atoms with van der Waals surface area (Å²) >= 11 is 0. The lowest BCUT2D eigenvalue weighted by molar-refractivity contribution is -0.133. The molecular weight excluding hydrogens is 228 g/mol. The lowest BCUT2D eigenvalue weighted by Gasteiger charge is -2.38. The Labute approximate surface area is 112 Å². The molecule has 4 nitrogen and oxygen atoms in total. The van der Waals surface area contributed by atoms with Crippen molar-refractivity contribution in [2.45, 2.75) is 39.9 Å². The van der Waals surface area contributed by atoms with Crippen LogP contribution in [0.25, 0.3) is 0 Å². The van der Waals surface area contributed by atoms with Crippen LogP contribution in [0, 0.1) is 5.41 Å². The van der Waals surface area contributed by atoms with Crippen LogP contribution >= 0.6 is 0 Å². The van der Waals surface area contributed by atoms with Crippen molar-refractivity contribution >= 4 is 0 Å². The van der Waals surface area contributed by atoms with Crippen LogP contribution in [-0.2, 0) is 9.47 Å². The molecule has 1 N–H and O–H groups in total. The summed E-state index contributed by atoms with van der Waals surface area (Å²) in [6, 6.07) is 0. The normalized spacial score (nSPS) is 20.5. The summed E-state index contributed by atoms with van der Waals surface area (Å²) in [6.07, 6.45) is 2.43. The molecule has 0 aromatic carbocycles. The first-order chi connectivity index (χ1) is 8.59. The Bertz CT molecular complexity index is 210. The van der Waals surface area contributed by atoms with Crippen molar-refractivity contribution in [2.24, 2.45) is 5.41 Å². The van der Waals surface area contributed by atoms with Crippen molar-refractivity contribution in [3.63, 3.8) is 0 Å². The lowest BCUT2D eigenvalue weighted by atomic mass is 9.80. The van der Waals surface area contributed by atoms with Gasteiger partial charge in [0.15, 0.2) is 6.29 Å². The Morgan fingerprint density at radius 1 is 1.17 bits per heavy atom. The fourth-order valence-electron chi connectivity index (χ4n) is 2.36. The molecule has 0 aromatic heterocycles. The second-order valence-corrected chi connectivity index (χ2v) is 5.59. The minimum absolute atomic E-state index is 0.102. The smallest absolute Gasteiger partial charge is 0.169 e. The Morgan fingerprint density at radius 2 is 1.72 bits per heavy atom. The summed E-state index contributed by atoms with van der Waals surface area (Å²) in [7, 11) is 2.20. The van der Waals surface area contributed by atoms with E-state index < -0.39 is 0 Å². The van der Waals surface area contributed by atoms with Crippen molar-refractivity contribution in [1.29, 1.82) is 0 Å². The number of nitrogens with zero attached hydrogens (tertiary/aromatic N) is 1. The second kappa shape index (κ2) is 8.10. The van der Waals surface area contributed by atoms with Crippen molar-refractivity contribution in [1.82, 2.24) is 10.2 Å². The molecule has 1 aliphatic rings. The van der Waals surface area contributed by atoms with Crippen LogP contribution in [0.2, 0.25) is 0 Å². The molecule has 0 atom stereocenters. The molecule has 4 heteroatoms. The van der Waals surface area contributed by atoms with Crippen LogP contribution in [0.1, 0.15) is 33.6 Å². The first-order valence-electron chi connectivity index (χ1n) is 7.22. The zero-order valence-electron chi connectivity index (χ0n) is 12.5. The van der Waals surface area contributed by atoms with Crippen LogP contribution in [-0.4, -0.2) is 57.6 Å². The van der Waals surface area contributed by atoms with E-state index in [1.54, 1.807) is 0 Å². The molecule has 0 aliphatic carbocycles. The topological polar surface area (TPSA) is 33.7 Å². The van der Waals surface area contributed by atoms with Gasteiger partial charge in [0.25, 0.3) is 0 Å². The van der Waals surface area contributed by atoms with Crippen molar-refractivity contribution in [3.05, 3.63) is 0 Å². The van der Waals surface area contributed by atoms with Gasteiger partial charge in [-0.25, -0.2) is 0 Å². The fourth-order valence-corrected chi connectivity index (χ4v) is 2.36. The van der Waals surface area contributed by atoms with Gasteiger partial charge in [-0.05, 0) is 52.2 Å². The lowest BCUT2D eigenvalue weighted by Crippen LogP contribution is -2.44. The fraction of sp³-hybridized carbons (Fsp3) is 1.00. The predicted molar refractivity (Wildman–Crippen MR) is 74.7 cm³/mol. The Balaban J connectivity index is 2.22. The first kappa shape index (κ1) is 15.9. The van der Waals surface area contributed by atoms with Crippen LogP contribution in [0.5, 0.6) is 0 Å². The average Bonchev–Trinajstić information content (AvgIpc) is 2.34. The van der Waals surface area contributed by atoms with E-state index in [1.165, 1.54) is 25.9 Å². The number of nitrogens with one attached hydrogen (secondary N) is 1. The molecule has 1 aliphatic heterocycles. The van der Waals surface area contributed by atoms with Gasteiger partial charge in [0.05, 0.1) is 0 Å². The zero-order valence-corrected chi connectivity index (χ0v) is 12.5. The highest BCUT2D eigenvalue weighted by Crippen LogP contribution is 2.29. The van der Waals surface area contributed by atoms with Crippen molar-refractivity contribution < 1.29 is 9.47 Å². The number of hydrogen-bond donors (Lipinski definition) is 1. The van der Waals surface area contributed by atoms with E-state index in [0.717, 1.165) is 13.1 Å². The zero-order chi connectivity index (χ0) is 13.4. The third kappa shape index (κ3) is 5.65. The SMILES string of the molecule is CCOC(CNCC1(C)CCN(C)CC1)OCC. The molecule has 0 radical (unpaired) electrons. The summed E-state index contributed by atoms with van der Waals surface area (Å²) in [6.45, 7) is 12.0. The third-order valence-corrected chi connectivity index (χ3v) is 3.76. The molecule has 1 heterocycles. The molecule has 0 saturated carbocycles. The third-order valence-electron chi connectivity index (χ3n) is 3.76. The minimum atomic E-state index is -0.102. The maximum Gasteiger partial charge on any atom is 0.169 e. The molecule has 0 amide bonds. The average molecular weight is 258 g/mol. The molecule has 1 saturated heterocycles. The van der Waals surface area contributed by atoms with E-state index in [1.807, 2.05) is 13.8 Å². The van der Waals surface area contributed by atoms with E-state index in [4.69, 9.17) is 9.47 Å². The van der Waals surface area contributed by atoms with Crippen LogP contribution in [0.3, 0.4) is 0 Å². The molecule has 108 valence electrons. The Morgan fingerprint density at radius 3 is 2.22 bits per heavy atom. The highest BCUT2D eigenvalue weighted by Gasteiger charge is 2.28. The van der Waals surface area contributed by atoms with Crippen molar-refractivity contribution in [3.8, 4) is 0 Å². The van der Waals surface area contributed by atoms with Gasteiger partial charge in [-0.3, -0.25) is 0 Å². The summed E-state index contributed by atoms with van der Waals surface area (Å²) in [5.74, 6) is 0. The minimum Gasteiger partial charge on any atom is -0.352 e. The quantitative estimate of drug-likeness (QED) is 0.672. The molecule has 0 unspecified atom stereocenters. The second-order valence-electron chi connectivity index (χ2n) is 5.59. The Hall–Kier alpha value is -0.160. The number of ether oxygens (including phenoxy) is 2. The highest BCUT2D eigenvalue weighted by atomic mass is 16.7. The summed E-state index contributed by atoms with van der Waals surface area (Å²) in [5.41, 5.74) is 0.426. The molecule has 1 fully saturated rings. The van der Waals surface area contributed by atoms with Gasteiger partial charge in [0, 0.05) is 26.3 Å².